The van der Waals surface area contributed by atoms with Crippen LogP contribution in [0.25, 0.3) is 0 Å². The molecule has 0 heterocycles. The summed E-state index contributed by atoms with van der Waals surface area (Å²) in [5, 5.41) is 0. The fraction of sp³-hybridized carbons (Fsp3) is 0.231. The summed E-state index contributed by atoms with van der Waals surface area (Å²) >= 11 is 0. The fourth-order valence-corrected chi connectivity index (χ4v) is 0.969. The summed E-state index contributed by atoms with van der Waals surface area (Å²) in [6.07, 6.45) is -0.310. The van der Waals surface area contributed by atoms with E-state index in [2.05, 4.69) is 11.8 Å². The van der Waals surface area contributed by atoms with Crippen LogP contribution in [0.1, 0.15) is 19.4 Å². The molecule has 1 aromatic carbocycles. The Morgan fingerprint density at radius 2 is 1.81 bits per heavy atom. The van der Waals surface area contributed by atoms with E-state index in [9.17, 15) is 9.59 Å². The van der Waals surface area contributed by atoms with Gasteiger partial charge in [-0.1, -0.05) is 24.1 Å². The van der Waals surface area contributed by atoms with Crippen LogP contribution in [0.5, 0.6) is 0 Å². The van der Waals surface area contributed by atoms with E-state index in [1.165, 1.54) is 0 Å². The first kappa shape index (κ1) is 12.0. The number of esters is 1. The monoisotopic (exact) mass is 216 g/mol. The minimum absolute atomic E-state index is 0.310. The molecule has 3 nitrogen and oxygen atoms in total. The van der Waals surface area contributed by atoms with Gasteiger partial charge in [0.15, 0.2) is 0 Å². The summed E-state index contributed by atoms with van der Waals surface area (Å²) < 4.78 is 4.71. The van der Waals surface area contributed by atoms with Gasteiger partial charge in [-0.3, -0.25) is 4.79 Å². The Hall–Kier alpha value is -2.08. The van der Waals surface area contributed by atoms with Gasteiger partial charge in [-0.2, -0.15) is 0 Å². The maximum Gasteiger partial charge on any atom is 0.388 e. The Morgan fingerprint density at radius 3 is 2.38 bits per heavy atom. The molecule has 82 valence electrons. The molecule has 0 N–H and O–H groups in total. The Bertz CT molecular complexity index is 435. The minimum atomic E-state index is -0.904. The molecule has 0 aromatic heterocycles. The molecule has 1 aromatic rings. The SMILES string of the molecule is CC(C)OC(=O)C(=O)C#Cc1ccccc1. The van der Waals surface area contributed by atoms with Crippen molar-refractivity contribution in [2.45, 2.75) is 20.0 Å². The van der Waals surface area contributed by atoms with Crippen molar-refractivity contribution in [2.24, 2.45) is 0 Å². The first-order valence-electron chi connectivity index (χ1n) is 4.91. The van der Waals surface area contributed by atoms with Crippen molar-refractivity contribution in [3.63, 3.8) is 0 Å². The van der Waals surface area contributed by atoms with E-state index in [1.807, 2.05) is 6.07 Å². The van der Waals surface area contributed by atoms with Crippen molar-refractivity contribution in [2.75, 3.05) is 0 Å². The quantitative estimate of drug-likeness (QED) is 0.428. The molecule has 0 atom stereocenters. The number of Topliss-reactive ketones (excluding diaryl/α,β-unsaturated/α-hetero) is 1. The maximum absolute atomic E-state index is 11.2. The molecule has 0 amide bonds. The van der Waals surface area contributed by atoms with Crippen molar-refractivity contribution in [3.05, 3.63) is 35.9 Å². The average Bonchev–Trinajstić information content (AvgIpc) is 2.26. The van der Waals surface area contributed by atoms with Crippen LogP contribution in [-0.2, 0) is 14.3 Å². The van der Waals surface area contributed by atoms with E-state index in [1.54, 1.807) is 38.1 Å². The van der Waals surface area contributed by atoms with Gasteiger partial charge in [0.1, 0.15) is 0 Å². The van der Waals surface area contributed by atoms with Gasteiger partial charge in [0.25, 0.3) is 0 Å². The Kier molecular flexibility index (Phi) is 4.28. The third-order valence-corrected chi connectivity index (χ3v) is 1.62. The highest BCUT2D eigenvalue weighted by Gasteiger charge is 2.13. The predicted octanol–water partition coefficient (Wildman–Crippen LogP) is 1.56. The highest BCUT2D eigenvalue weighted by Crippen LogP contribution is 1.95. The van der Waals surface area contributed by atoms with Crippen LogP contribution in [0.4, 0.5) is 0 Å². The van der Waals surface area contributed by atoms with Crippen molar-refractivity contribution in [3.8, 4) is 11.8 Å². The second-order valence-electron chi connectivity index (χ2n) is 3.40. The summed E-state index contributed by atoms with van der Waals surface area (Å²) in [5.74, 6) is 3.11. The fourth-order valence-electron chi connectivity index (χ4n) is 0.969. The van der Waals surface area contributed by atoms with E-state index in [-0.39, 0.29) is 6.10 Å². The molecular weight excluding hydrogens is 204 g/mol. The second-order valence-corrected chi connectivity index (χ2v) is 3.40. The molecule has 0 saturated heterocycles. The second kappa shape index (κ2) is 5.72. The Morgan fingerprint density at radius 1 is 1.19 bits per heavy atom. The number of hydrogen-bond donors (Lipinski definition) is 0. The van der Waals surface area contributed by atoms with E-state index < -0.39 is 11.8 Å². The zero-order valence-electron chi connectivity index (χ0n) is 9.19. The maximum atomic E-state index is 11.2. The Labute approximate surface area is 94.4 Å². The molecule has 0 radical (unpaired) electrons. The molecule has 3 heteroatoms. The van der Waals surface area contributed by atoms with Crippen molar-refractivity contribution in [1.82, 2.24) is 0 Å². The molecule has 0 spiro atoms. The lowest BCUT2D eigenvalue weighted by atomic mass is 10.2. The molecule has 0 bridgehead atoms. The highest BCUT2D eigenvalue weighted by atomic mass is 16.5. The van der Waals surface area contributed by atoms with Gasteiger partial charge in [0, 0.05) is 5.56 Å². The smallest absolute Gasteiger partial charge is 0.388 e. The van der Waals surface area contributed by atoms with Crippen LogP contribution in [0.3, 0.4) is 0 Å². The van der Waals surface area contributed by atoms with Crippen molar-refractivity contribution < 1.29 is 14.3 Å². The van der Waals surface area contributed by atoms with Gasteiger partial charge in [-0.25, -0.2) is 4.79 Å². The van der Waals surface area contributed by atoms with Crippen LogP contribution < -0.4 is 0 Å². The van der Waals surface area contributed by atoms with Gasteiger partial charge >= 0.3 is 11.8 Å². The number of hydrogen-bond acceptors (Lipinski definition) is 3. The molecule has 16 heavy (non-hydrogen) atoms. The van der Waals surface area contributed by atoms with Crippen LogP contribution in [-0.4, -0.2) is 17.9 Å². The number of carbonyl (C=O) groups is 2. The highest BCUT2D eigenvalue weighted by molar-refractivity contribution is 6.41. The summed E-state index contributed by atoms with van der Waals surface area (Å²) in [6.45, 7) is 3.35. The number of rotatable bonds is 2. The van der Waals surface area contributed by atoms with E-state index >= 15 is 0 Å². The Balaban J connectivity index is 2.65. The third-order valence-electron chi connectivity index (χ3n) is 1.62. The van der Waals surface area contributed by atoms with Crippen molar-refractivity contribution >= 4 is 11.8 Å². The largest absolute Gasteiger partial charge is 0.456 e. The molecular formula is C13H12O3. The summed E-state index contributed by atoms with van der Waals surface area (Å²) in [7, 11) is 0. The zero-order valence-corrected chi connectivity index (χ0v) is 9.19. The van der Waals surface area contributed by atoms with Gasteiger partial charge in [-0.05, 0) is 31.9 Å². The van der Waals surface area contributed by atoms with Crippen LogP contribution in [0.2, 0.25) is 0 Å². The molecule has 0 saturated carbocycles. The molecule has 0 aliphatic rings. The van der Waals surface area contributed by atoms with E-state index in [0.717, 1.165) is 0 Å². The first-order valence-corrected chi connectivity index (χ1v) is 4.91. The number of benzene rings is 1. The van der Waals surface area contributed by atoms with Crippen LogP contribution in [0, 0.1) is 11.8 Å². The number of carbonyl (C=O) groups excluding carboxylic acids is 2. The van der Waals surface area contributed by atoms with Crippen molar-refractivity contribution in [1.29, 1.82) is 0 Å². The third kappa shape index (κ3) is 3.97. The molecule has 0 aliphatic carbocycles. The lowest BCUT2D eigenvalue weighted by molar-refractivity contribution is -0.154. The normalized spacial score (nSPS) is 9.19. The predicted molar refractivity (Wildman–Crippen MR) is 59.6 cm³/mol. The summed E-state index contributed by atoms with van der Waals surface area (Å²) in [5.41, 5.74) is 0.688. The average molecular weight is 216 g/mol. The van der Waals surface area contributed by atoms with E-state index in [4.69, 9.17) is 4.74 Å². The zero-order chi connectivity index (χ0) is 12.0. The molecule has 1 rings (SSSR count). The lowest BCUT2D eigenvalue weighted by Crippen LogP contribution is -2.19. The van der Waals surface area contributed by atoms with Gasteiger partial charge in [-0.15, -0.1) is 0 Å². The first-order chi connectivity index (χ1) is 7.59. The topological polar surface area (TPSA) is 43.4 Å². The lowest BCUT2D eigenvalue weighted by Gasteiger charge is -2.03. The number of ether oxygens (including phenoxy) is 1. The van der Waals surface area contributed by atoms with Gasteiger partial charge < -0.3 is 4.74 Å². The summed E-state index contributed by atoms with van der Waals surface area (Å²) in [4.78, 5) is 22.3. The van der Waals surface area contributed by atoms with Gasteiger partial charge in [0.2, 0.25) is 0 Å². The minimum Gasteiger partial charge on any atom is -0.456 e. The van der Waals surface area contributed by atoms with Gasteiger partial charge in [0.05, 0.1) is 6.10 Å². The molecule has 0 fully saturated rings. The summed E-state index contributed by atoms with van der Waals surface area (Å²) in [6, 6.07) is 8.98. The molecule has 0 unspecified atom stereocenters. The molecule has 0 aliphatic heterocycles. The standard InChI is InChI=1S/C13H12O3/c1-10(2)16-13(15)12(14)9-8-11-6-4-3-5-7-11/h3-7,10H,1-2H3. The van der Waals surface area contributed by atoms with E-state index in [0.29, 0.717) is 5.56 Å². The number of ketones is 1. The van der Waals surface area contributed by atoms with Crippen LogP contribution in [0.15, 0.2) is 30.3 Å². The van der Waals surface area contributed by atoms with Crippen LogP contribution >= 0.6 is 0 Å².